The summed E-state index contributed by atoms with van der Waals surface area (Å²) in [5.41, 5.74) is 0.411. The Hall–Kier alpha value is -4.28. The number of fused-ring (bicyclic) bond motifs is 4. The number of benzene rings is 1. The Labute approximate surface area is 207 Å². The Kier molecular flexibility index (Phi) is 5.31. The number of nitrogens with zero attached hydrogens (tertiary/aromatic N) is 4. The van der Waals surface area contributed by atoms with Gasteiger partial charge in [0.1, 0.15) is 5.57 Å². The molecule has 0 bridgehead atoms. The third-order valence-electron chi connectivity index (χ3n) is 7.46. The molecule has 4 heterocycles. The first-order chi connectivity index (χ1) is 17.1. The first-order valence-electron chi connectivity index (χ1n) is 11.6. The summed E-state index contributed by atoms with van der Waals surface area (Å²) >= 11 is 0. The minimum atomic E-state index is -1.45. The van der Waals surface area contributed by atoms with Crippen LogP contribution in [0.2, 0.25) is 0 Å². The van der Waals surface area contributed by atoms with Crippen molar-refractivity contribution in [3.8, 4) is 0 Å². The maximum absolute atomic E-state index is 13.5. The molecule has 1 N–H and O–H groups in total. The molecule has 1 unspecified atom stereocenters. The lowest BCUT2D eigenvalue weighted by molar-refractivity contribution is -0.159. The largest absolute Gasteiger partial charge is 0.367 e. The first kappa shape index (κ1) is 23.5. The fourth-order valence-corrected chi connectivity index (χ4v) is 5.78. The Morgan fingerprint density at radius 3 is 2.44 bits per heavy atom. The molecule has 11 heteroatoms. The van der Waals surface area contributed by atoms with Crippen LogP contribution in [0, 0.1) is 5.41 Å². The van der Waals surface area contributed by atoms with Crippen LogP contribution in [0.1, 0.15) is 24.0 Å². The third kappa shape index (κ3) is 3.11. The summed E-state index contributed by atoms with van der Waals surface area (Å²) in [5.74, 6) is -2.60. The van der Waals surface area contributed by atoms with Crippen LogP contribution >= 0.6 is 0 Å². The van der Waals surface area contributed by atoms with E-state index in [4.69, 9.17) is 0 Å². The minimum absolute atomic E-state index is 0.0533. The van der Waals surface area contributed by atoms with E-state index >= 15 is 0 Å². The summed E-state index contributed by atoms with van der Waals surface area (Å²) < 4.78 is 0. The molecule has 1 aromatic carbocycles. The van der Waals surface area contributed by atoms with Crippen LogP contribution in [0.15, 0.2) is 36.4 Å². The van der Waals surface area contributed by atoms with Gasteiger partial charge >= 0.3 is 12.1 Å². The predicted octanol–water partition coefficient (Wildman–Crippen LogP) is 0.896. The number of rotatable bonds is 3. The van der Waals surface area contributed by atoms with E-state index in [1.54, 1.807) is 12.1 Å². The van der Waals surface area contributed by atoms with E-state index in [2.05, 4.69) is 11.9 Å². The fourth-order valence-electron chi connectivity index (χ4n) is 5.78. The Bertz CT molecular complexity index is 1280. The fraction of sp³-hybridized carbons (Fsp3) is 0.360. The number of barbiturate groups is 2. The number of hydrogen-bond acceptors (Lipinski definition) is 7. The van der Waals surface area contributed by atoms with Crippen molar-refractivity contribution in [2.24, 2.45) is 5.41 Å². The third-order valence-corrected chi connectivity index (χ3v) is 7.46. The molecule has 4 aliphatic rings. The summed E-state index contributed by atoms with van der Waals surface area (Å²) in [6.07, 6.45) is 4.28. The lowest BCUT2D eigenvalue weighted by Gasteiger charge is -2.50. The second kappa shape index (κ2) is 8.14. The molecule has 1 aromatic rings. The molecule has 0 aliphatic carbocycles. The molecule has 3 fully saturated rings. The SMILES string of the molecule is C=CCN1C(=O)NC(=O)/C(=C\c2ccc3c(c2)CC2(C(=O)N(C)C(=O)N(C)C2=O)C2CCCN32)C1=O. The van der Waals surface area contributed by atoms with E-state index in [0.29, 0.717) is 24.1 Å². The van der Waals surface area contributed by atoms with Crippen molar-refractivity contribution in [2.45, 2.75) is 25.3 Å². The van der Waals surface area contributed by atoms with Gasteiger partial charge in [0, 0.05) is 32.9 Å². The highest BCUT2D eigenvalue weighted by Crippen LogP contribution is 2.49. The molecule has 0 saturated carbocycles. The summed E-state index contributed by atoms with van der Waals surface area (Å²) in [7, 11) is 2.77. The van der Waals surface area contributed by atoms with Gasteiger partial charge in [0.2, 0.25) is 11.8 Å². The van der Waals surface area contributed by atoms with Crippen molar-refractivity contribution in [1.82, 2.24) is 20.0 Å². The predicted molar refractivity (Wildman–Crippen MR) is 127 cm³/mol. The van der Waals surface area contributed by atoms with Crippen molar-refractivity contribution in [2.75, 3.05) is 32.1 Å². The molecular weight excluding hydrogens is 466 g/mol. The zero-order chi connectivity index (χ0) is 25.9. The van der Waals surface area contributed by atoms with E-state index in [1.165, 1.54) is 26.2 Å². The molecule has 1 atom stereocenters. The van der Waals surface area contributed by atoms with Gasteiger partial charge < -0.3 is 4.90 Å². The van der Waals surface area contributed by atoms with E-state index < -0.39 is 41.1 Å². The van der Waals surface area contributed by atoms with Gasteiger partial charge in [-0.1, -0.05) is 12.1 Å². The van der Waals surface area contributed by atoms with Crippen molar-refractivity contribution >= 4 is 47.5 Å². The van der Waals surface area contributed by atoms with Gasteiger partial charge in [0.05, 0.1) is 6.04 Å². The quantitative estimate of drug-likeness (QED) is 0.288. The number of hydrogen-bond donors (Lipinski definition) is 1. The average Bonchev–Trinajstić information content (AvgIpc) is 3.36. The normalized spacial score (nSPS) is 24.5. The number of urea groups is 2. The van der Waals surface area contributed by atoms with Crippen LogP contribution in [0.3, 0.4) is 0 Å². The highest BCUT2D eigenvalue weighted by molar-refractivity contribution is 6.31. The van der Waals surface area contributed by atoms with Gasteiger partial charge in [-0.05, 0) is 48.6 Å². The molecule has 1 spiro atoms. The lowest BCUT2D eigenvalue weighted by atomic mass is 9.68. The van der Waals surface area contributed by atoms with E-state index in [1.807, 2.05) is 11.0 Å². The molecule has 186 valence electrons. The van der Waals surface area contributed by atoms with Gasteiger partial charge in [-0.2, -0.15) is 0 Å². The minimum Gasteiger partial charge on any atom is -0.367 e. The zero-order valence-electron chi connectivity index (χ0n) is 19.9. The van der Waals surface area contributed by atoms with Crippen molar-refractivity contribution in [1.29, 1.82) is 0 Å². The second-order valence-electron chi connectivity index (χ2n) is 9.42. The number of anilines is 1. The second-order valence-corrected chi connectivity index (χ2v) is 9.42. The molecule has 11 nitrogen and oxygen atoms in total. The molecule has 0 aromatic heterocycles. The van der Waals surface area contributed by atoms with Crippen molar-refractivity contribution in [3.63, 3.8) is 0 Å². The van der Waals surface area contributed by atoms with Crippen molar-refractivity contribution < 1.29 is 28.8 Å². The summed E-state index contributed by atoms with van der Waals surface area (Å²) in [4.78, 5) is 81.6. The van der Waals surface area contributed by atoms with Crippen LogP contribution in [-0.2, 0) is 25.6 Å². The lowest BCUT2D eigenvalue weighted by Crippen LogP contribution is -2.70. The topological polar surface area (TPSA) is 127 Å². The van der Waals surface area contributed by atoms with E-state index in [0.717, 1.165) is 26.8 Å². The standard InChI is InChI=1S/C25H25N5O6/c1-4-9-30-20(32)16(19(31)26-23(30)35)12-14-7-8-17-15(11-14)13-25(18-6-5-10-29(17)18)21(33)27(2)24(36)28(3)22(25)34/h4,7-8,11-12,18H,1,5-6,9-10,13H2,2-3H3,(H,26,31,35)/b16-12+. The van der Waals surface area contributed by atoms with Crippen LogP contribution in [0.5, 0.6) is 0 Å². The number of carbonyl (C=O) groups excluding carboxylic acids is 6. The number of carbonyl (C=O) groups is 6. The smallest absolute Gasteiger partial charge is 0.332 e. The van der Waals surface area contributed by atoms with Gasteiger partial charge in [-0.15, -0.1) is 6.58 Å². The maximum atomic E-state index is 13.5. The number of amides is 8. The van der Waals surface area contributed by atoms with Gasteiger partial charge in [-0.25, -0.2) is 9.59 Å². The molecule has 4 aliphatic heterocycles. The maximum Gasteiger partial charge on any atom is 0.332 e. The molecule has 8 amide bonds. The van der Waals surface area contributed by atoms with E-state index in [9.17, 15) is 28.8 Å². The molecule has 0 radical (unpaired) electrons. The van der Waals surface area contributed by atoms with Crippen LogP contribution in [0.4, 0.5) is 15.3 Å². The Morgan fingerprint density at radius 2 is 1.78 bits per heavy atom. The summed E-state index contributed by atoms with van der Waals surface area (Å²) in [6.45, 7) is 4.13. The van der Waals surface area contributed by atoms with Gasteiger partial charge in [-0.3, -0.25) is 39.2 Å². The molecule has 5 rings (SSSR count). The van der Waals surface area contributed by atoms with Crippen LogP contribution in [0.25, 0.3) is 6.08 Å². The average molecular weight is 492 g/mol. The van der Waals surface area contributed by atoms with Crippen molar-refractivity contribution in [3.05, 3.63) is 47.6 Å². The van der Waals surface area contributed by atoms with Crippen LogP contribution in [-0.4, -0.2) is 83.6 Å². The van der Waals surface area contributed by atoms with E-state index in [-0.39, 0.29) is 24.6 Å². The number of imide groups is 4. The highest BCUT2D eigenvalue weighted by Gasteiger charge is 2.63. The summed E-state index contributed by atoms with van der Waals surface area (Å²) in [6, 6.07) is 3.49. The molecule has 3 saturated heterocycles. The molecule has 36 heavy (non-hydrogen) atoms. The first-order valence-corrected chi connectivity index (χ1v) is 11.6. The Morgan fingerprint density at radius 1 is 1.08 bits per heavy atom. The zero-order valence-corrected chi connectivity index (χ0v) is 19.9. The Balaban J connectivity index is 1.58. The van der Waals surface area contributed by atoms with Gasteiger partial charge in [0.15, 0.2) is 5.41 Å². The molecular formula is C25H25N5O6. The highest BCUT2D eigenvalue weighted by atomic mass is 16.2. The number of nitrogens with one attached hydrogen (secondary N) is 1. The monoisotopic (exact) mass is 491 g/mol. The van der Waals surface area contributed by atoms with Gasteiger partial charge in [0.25, 0.3) is 11.8 Å². The van der Waals surface area contributed by atoms with Crippen LogP contribution < -0.4 is 10.2 Å². The summed E-state index contributed by atoms with van der Waals surface area (Å²) in [5, 5.41) is 2.15.